The van der Waals surface area contributed by atoms with Crippen molar-refractivity contribution >= 4 is 35.1 Å². The maximum Gasteiger partial charge on any atom is 0.157 e. The fraction of sp³-hybridized carbons (Fsp3) is 0.0455. The van der Waals surface area contributed by atoms with Crippen LogP contribution >= 0.6 is 23.2 Å². The SMILES string of the molecule is C#CCOc1c(Cl)cc(C=Nc2ccc(Oc3ccccc3)cc2)cc1Cl. The summed E-state index contributed by atoms with van der Waals surface area (Å²) >= 11 is 12.4. The van der Waals surface area contributed by atoms with Gasteiger partial charge in [0.1, 0.15) is 18.1 Å². The zero-order valence-corrected chi connectivity index (χ0v) is 15.7. The van der Waals surface area contributed by atoms with E-state index in [-0.39, 0.29) is 6.61 Å². The smallest absolute Gasteiger partial charge is 0.157 e. The Morgan fingerprint density at radius 2 is 1.56 bits per heavy atom. The minimum absolute atomic E-state index is 0.101. The van der Waals surface area contributed by atoms with Crippen molar-refractivity contribution in [2.24, 2.45) is 4.99 Å². The van der Waals surface area contributed by atoms with Gasteiger partial charge in [-0.1, -0.05) is 47.3 Å². The van der Waals surface area contributed by atoms with Gasteiger partial charge in [0.2, 0.25) is 0 Å². The molecule has 0 radical (unpaired) electrons. The van der Waals surface area contributed by atoms with Crippen LogP contribution in [-0.4, -0.2) is 12.8 Å². The van der Waals surface area contributed by atoms with Crippen LogP contribution in [0.4, 0.5) is 5.69 Å². The quantitative estimate of drug-likeness (QED) is 0.350. The summed E-state index contributed by atoms with van der Waals surface area (Å²) < 4.78 is 11.1. The van der Waals surface area contributed by atoms with Crippen LogP contribution in [0.5, 0.6) is 17.2 Å². The number of nitrogens with zero attached hydrogens (tertiary/aromatic N) is 1. The van der Waals surface area contributed by atoms with Crippen molar-refractivity contribution in [1.29, 1.82) is 0 Å². The Kier molecular flexibility index (Phi) is 6.38. The molecule has 0 heterocycles. The molecule has 0 aliphatic heterocycles. The number of ether oxygens (including phenoxy) is 2. The summed E-state index contributed by atoms with van der Waals surface area (Å²) in [7, 11) is 0. The number of aliphatic imine (C=N–C) groups is 1. The third-order valence-electron chi connectivity index (χ3n) is 3.50. The lowest BCUT2D eigenvalue weighted by atomic mass is 10.2. The van der Waals surface area contributed by atoms with Crippen LogP contribution < -0.4 is 9.47 Å². The summed E-state index contributed by atoms with van der Waals surface area (Å²) in [4.78, 5) is 4.43. The molecule has 0 unspecified atom stereocenters. The first-order valence-electron chi connectivity index (χ1n) is 8.08. The fourth-order valence-corrected chi connectivity index (χ4v) is 2.89. The Labute approximate surface area is 168 Å². The van der Waals surface area contributed by atoms with E-state index in [0.717, 1.165) is 22.7 Å². The van der Waals surface area contributed by atoms with Gasteiger partial charge in [-0.25, -0.2) is 0 Å². The van der Waals surface area contributed by atoms with Gasteiger partial charge < -0.3 is 9.47 Å². The van der Waals surface area contributed by atoms with Crippen LogP contribution in [0.15, 0.2) is 71.7 Å². The van der Waals surface area contributed by atoms with Crippen molar-refractivity contribution in [2.45, 2.75) is 0 Å². The summed E-state index contributed by atoms with van der Waals surface area (Å²) in [6.07, 6.45) is 6.86. The minimum atomic E-state index is 0.101. The Bertz CT molecular complexity index is 954. The van der Waals surface area contributed by atoms with E-state index in [4.69, 9.17) is 39.1 Å². The van der Waals surface area contributed by atoms with Gasteiger partial charge in [-0.3, -0.25) is 4.99 Å². The summed E-state index contributed by atoms with van der Waals surface area (Å²) in [5, 5.41) is 0.761. The van der Waals surface area contributed by atoms with E-state index in [2.05, 4.69) is 10.9 Å². The minimum Gasteiger partial charge on any atom is -0.478 e. The van der Waals surface area contributed by atoms with Crippen molar-refractivity contribution in [3.05, 3.63) is 82.3 Å². The molecule has 5 heteroatoms. The molecule has 3 aromatic carbocycles. The van der Waals surface area contributed by atoms with E-state index < -0.39 is 0 Å². The van der Waals surface area contributed by atoms with Crippen LogP contribution in [0.1, 0.15) is 5.56 Å². The third-order valence-corrected chi connectivity index (χ3v) is 4.06. The number of hydrogen-bond acceptors (Lipinski definition) is 3. The Balaban J connectivity index is 1.70. The van der Waals surface area contributed by atoms with E-state index in [9.17, 15) is 0 Å². The molecule has 0 amide bonds. The lowest BCUT2D eigenvalue weighted by molar-refractivity contribution is 0.371. The van der Waals surface area contributed by atoms with Gasteiger partial charge >= 0.3 is 0 Å². The van der Waals surface area contributed by atoms with Gasteiger partial charge in [-0.05, 0) is 54.1 Å². The van der Waals surface area contributed by atoms with Gasteiger partial charge in [-0.15, -0.1) is 6.42 Å². The maximum absolute atomic E-state index is 6.19. The van der Waals surface area contributed by atoms with E-state index >= 15 is 0 Å². The first kappa shape index (κ1) is 18.8. The molecular formula is C22H15Cl2NO2. The van der Waals surface area contributed by atoms with E-state index in [0.29, 0.717) is 15.8 Å². The molecular weight excluding hydrogens is 381 g/mol. The van der Waals surface area contributed by atoms with Gasteiger partial charge in [-0.2, -0.15) is 0 Å². The van der Waals surface area contributed by atoms with E-state index in [1.165, 1.54) is 0 Å². The second-order valence-corrected chi connectivity index (χ2v) is 6.29. The molecule has 0 aliphatic rings. The third kappa shape index (κ3) is 5.27. The number of para-hydroxylation sites is 1. The number of benzene rings is 3. The highest BCUT2D eigenvalue weighted by atomic mass is 35.5. The molecule has 0 fully saturated rings. The highest BCUT2D eigenvalue weighted by molar-refractivity contribution is 6.37. The van der Waals surface area contributed by atoms with Crippen LogP contribution in [0.25, 0.3) is 0 Å². The zero-order valence-electron chi connectivity index (χ0n) is 14.2. The molecule has 134 valence electrons. The molecule has 27 heavy (non-hydrogen) atoms. The first-order chi connectivity index (χ1) is 13.2. The van der Waals surface area contributed by atoms with Crippen molar-refractivity contribution in [1.82, 2.24) is 0 Å². The molecule has 0 bridgehead atoms. The summed E-state index contributed by atoms with van der Waals surface area (Å²) in [5.41, 5.74) is 1.53. The fourth-order valence-electron chi connectivity index (χ4n) is 2.28. The van der Waals surface area contributed by atoms with Crippen molar-refractivity contribution in [3.63, 3.8) is 0 Å². The van der Waals surface area contributed by atoms with Gasteiger partial charge in [0, 0.05) is 6.21 Å². The Morgan fingerprint density at radius 1 is 0.926 bits per heavy atom. The second kappa shape index (κ2) is 9.14. The molecule has 0 aromatic heterocycles. The molecule has 0 spiro atoms. The van der Waals surface area contributed by atoms with Gasteiger partial charge in [0.05, 0.1) is 15.7 Å². The van der Waals surface area contributed by atoms with Gasteiger partial charge in [0.15, 0.2) is 5.75 Å². The van der Waals surface area contributed by atoms with Crippen LogP contribution in [0.2, 0.25) is 10.0 Å². The topological polar surface area (TPSA) is 30.8 Å². The largest absolute Gasteiger partial charge is 0.478 e. The number of terminal acetylenes is 1. The molecule has 0 saturated carbocycles. The monoisotopic (exact) mass is 395 g/mol. The predicted octanol–water partition coefficient (Wildman–Crippen LogP) is 6.55. The number of rotatable bonds is 6. The highest BCUT2D eigenvalue weighted by Gasteiger charge is 2.08. The lowest BCUT2D eigenvalue weighted by Crippen LogP contribution is -1.96. The lowest BCUT2D eigenvalue weighted by Gasteiger charge is -2.08. The first-order valence-corrected chi connectivity index (χ1v) is 8.83. The standard InChI is InChI=1S/C22H15Cl2NO2/c1-2-12-26-22-20(23)13-16(14-21(22)24)15-25-17-8-10-19(11-9-17)27-18-6-4-3-5-7-18/h1,3-11,13-15H,12H2. The van der Waals surface area contributed by atoms with Crippen molar-refractivity contribution < 1.29 is 9.47 Å². The van der Waals surface area contributed by atoms with Crippen molar-refractivity contribution in [2.75, 3.05) is 6.61 Å². The van der Waals surface area contributed by atoms with E-state index in [1.54, 1.807) is 18.3 Å². The summed E-state index contributed by atoms with van der Waals surface area (Å²) in [5.74, 6) is 4.27. The molecule has 0 saturated heterocycles. The average molecular weight is 396 g/mol. The second-order valence-electron chi connectivity index (χ2n) is 5.47. The molecule has 3 nitrogen and oxygen atoms in total. The number of halogens is 2. The molecule has 0 atom stereocenters. The summed E-state index contributed by atoms with van der Waals surface area (Å²) in [6.45, 7) is 0.101. The highest BCUT2D eigenvalue weighted by Crippen LogP contribution is 2.34. The molecule has 0 N–H and O–H groups in total. The molecule has 3 aromatic rings. The van der Waals surface area contributed by atoms with E-state index in [1.807, 2.05) is 54.6 Å². The van der Waals surface area contributed by atoms with Crippen LogP contribution in [-0.2, 0) is 0 Å². The Morgan fingerprint density at radius 3 is 2.19 bits per heavy atom. The van der Waals surface area contributed by atoms with Crippen molar-refractivity contribution in [3.8, 4) is 29.6 Å². The summed E-state index contributed by atoms with van der Waals surface area (Å²) in [6, 6.07) is 20.5. The predicted molar refractivity (Wildman–Crippen MR) is 111 cm³/mol. The maximum atomic E-state index is 6.19. The molecule has 3 rings (SSSR count). The number of hydrogen-bond donors (Lipinski definition) is 0. The Hall–Kier alpha value is -2.93. The zero-order chi connectivity index (χ0) is 19.1. The average Bonchev–Trinajstić information content (AvgIpc) is 2.68. The van der Waals surface area contributed by atoms with Crippen LogP contribution in [0, 0.1) is 12.3 Å². The molecule has 0 aliphatic carbocycles. The normalized spacial score (nSPS) is 10.6. The van der Waals surface area contributed by atoms with Crippen LogP contribution in [0.3, 0.4) is 0 Å². The van der Waals surface area contributed by atoms with Gasteiger partial charge in [0.25, 0.3) is 0 Å².